The second-order valence-corrected chi connectivity index (χ2v) is 7.93. The molecule has 0 aliphatic carbocycles. The topological polar surface area (TPSA) is 52.7 Å². The molecular formula is C15H28ClN3O2S. The highest BCUT2D eigenvalue weighted by atomic mass is 35.5. The lowest BCUT2D eigenvalue weighted by Crippen LogP contribution is -2.54. The molecule has 0 bridgehead atoms. The van der Waals surface area contributed by atoms with E-state index in [1.54, 1.807) is 16.7 Å². The first-order valence-corrected chi connectivity index (χ1v) is 8.85. The van der Waals surface area contributed by atoms with Gasteiger partial charge in [-0.15, -0.1) is 24.2 Å². The summed E-state index contributed by atoms with van der Waals surface area (Å²) in [6.45, 7) is 7.33. The lowest BCUT2D eigenvalue weighted by Gasteiger charge is -2.36. The molecule has 2 saturated heterocycles. The van der Waals surface area contributed by atoms with E-state index in [1.165, 1.54) is 0 Å². The van der Waals surface area contributed by atoms with Crippen molar-refractivity contribution in [3.05, 3.63) is 0 Å². The van der Waals surface area contributed by atoms with Gasteiger partial charge in [0.15, 0.2) is 0 Å². The third-order valence-corrected chi connectivity index (χ3v) is 5.30. The third kappa shape index (κ3) is 4.30. The van der Waals surface area contributed by atoms with Crippen LogP contribution in [0.2, 0.25) is 0 Å². The number of nitrogens with zero attached hydrogens (tertiary/aromatic N) is 2. The minimum atomic E-state index is -0.428. The van der Waals surface area contributed by atoms with E-state index < -0.39 is 5.41 Å². The van der Waals surface area contributed by atoms with Crippen LogP contribution in [0.5, 0.6) is 0 Å². The maximum Gasteiger partial charge on any atom is 0.246 e. The molecule has 0 spiro atoms. The zero-order valence-corrected chi connectivity index (χ0v) is 15.6. The molecule has 2 fully saturated rings. The number of likely N-dealkylation sites (tertiary alicyclic amines) is 1. The lowest BCUT2D eigenvalue weighted by molar-refractivity contribution is -0.148. The third-order valence-electron chi connectivity index (χ3n) is 4.28. The smallest absolute Gasteiger partial charge is 0.246 e. The average Bonchev–Trinajstić information content (AvgIpc) is 2.94. The van der Waals surface area contributed by atoms with Crippen molar-refractivity contribution < 1.29 is 9.59 Å². The highest BCUT2D eigenvalue weighted by Gasteiger charge is 2.41. The predicted molar refractivity (Wildman–Crippen MR) is 93.3 cm³/mol. The zero-order chi connectivity index (χ0) is 15.6. The Bertz CT molecular complexity index is 406. The molecule has 2 aliphatic rings. The molecule has 2 amide bonds. The summed E-state index contributed by atoms with van der Waals surface area (Å²) < 4.78 is 0. The standard InChI is InChI=1S/C15H27N3O2S.ClH/c1-15(2,3)14(20)18-10-21-9-12(18)13(19)17-7-5-11(16-4)6-8-17;/h11-12,16H,5-10H2,1-4H3;1H. The van der Waals surface area contributed by atoms with E-state index >= 15 is 0 Å². The van der Waals surface area contributed by atoms with E-state index in [4.69, 9.17) is 0 Å². The normalized spacial score (nSPS) is 23.4. The molecule has 0 aromatic carbocycles. The number of carbonyl (C=O) groups is 2. The number of hydrogen-bond donors (Lipinski definition) is 1. The highest BCUT2D eigenvalue weighted by Crippen LogP contribution is 2.29. The summed E-state index contributed by atoms with van der Waals surface area (Å²) in [6.07, 6.45) is 1.99. The number of carbonyl (C=O) groups excluding carboxylic acids is 2. The molecule has 7 heteroatoms. The van der Waals surface area contributed by atoms with E-state index in [9.17, 15) is 9.59 Å². The lowest BCUT2D eigenvalue weighted by atomic mass is 9.94. The molecule has 0 radical (unpaired) electrons. The van der Waals surface area contributed by atoms with Gasteiger partial charge >= 0.3 is 0 Å². The van der Waals surface area contributed by atoms with Crippen LogP contribution in [0.4, 0.5) is 0 Å². The minimum absolute atomic E-state index is 0. The summed E-state index contributed by atoms with van der Waals surface area (Å²) in [5.41, 5.74) is -0.428. The van der Waals surface area contributed by atoms with E-state index in [0.717, 1.165) is 31.7 Å². The van der Waals surface area contributed by atoms with Crippen LogP contribution in [-0.2, 0) is 9.59 Å². The van der Waals surface area contributed by atoms with Crippen molar-refractivity contribution in [3.63, 3.8) is 0 Å². The number of thioether (sulfide) groups is 1. The van der Waals surface area contributed by atoms with Crippen molar-refractivity contribution in [2.75, 3.05) is 31.8 Å². The van der Waals surface area contributed by atoms with E-state index in [0.29, 0.717) is 11.9 Å². The number of nitrogens with one attached hydrogen (secondary N) is 1. The van der Waals surface area contributed by atoms with Gasteiger partial charge in [0.25, 0.3) is 0 Å². The Labute approximate surface area is 144 Å². The molecule has 0 aromatic rings. The Morgan fingerprint density at radius 1 is 1.18 bits per heavy atom. The van der Waals surface area contributed by atoms with Gasteiger partial charge in [-0.3, -0.25) is 9.59 Å². The van der Waals surface area contributed by atoms with E-state index in [-0.39, 0.29) is 30.3 Å². The molecule has 2 rings (SSSR count). The molecule has 5 nitrogen and oxygen atoms in total. The number of piperidine rings is 1. The van der Waals surface area contributed by atoms with Crippen LogP contribution in [0.3, 0.4) is 0 Å². The van der Waals surface area contributed by atoms with Crippen molar-refractivity contribution in [3.8, 4) is 0 Å². The van der Waals surface area contributed by atoms with Gasteiger partial charge in [-0.25, -0.2) is 0 Å². The monoisotopic (exact) mass is 349 g/mol. The second kappa shape index (κ2) is 7.88. The summed E-state index contributed by atoms with van der Waals surface area (Å²) in [6, 6.07) is 0.243. The Balaban J connectivity index is 0.00000242. The van der Waals surface area contributed by atoms with Gasteiger partial charge in [0.05, 0.1) is 5.88 Å². The Morgan fingerprint density at radius 2 is 1.77 bits per heavy atom. The SMILES string of the molecule is CNC1CCN(C(=O)C2CSCN2C(=O)C(C)(C)C)CC1.Cl. The number of amides is 2. The number of rotatable bonds is 2. The highest BCUT2D eigenvalue weighted by molar-refractivity contribution is 7.99. The Hall–Kier alpha value is -0.460. The van der Waals surface area contributed by atoms with Gasteiger partial charge in [0.2, 0.25) is 11.8 Å². The fourth-order valence-corrected chi connectivity index (χ4v) is 4.02. The van der Waals surface area contributed by atoms with Gasteiger partial charge in [-0.05, 0) is 19.9 Å². The molecule has 1 N–H and O–H groups in total. The average molecular weight is 350 g/mol. The van der Waals surface area contributed by atoms with Crippen LogP contribution in [0, 0.1) is 5.41 Å². The Kier molecular flexibility index (Phi) is 7.02. The van der Waals surface area contributed by atoms with Crippen molar-refractivity contribution >= 4 is 36.0 Å². The fraction of sp³-hybridized carbons (Fsp3) is 0.867. The van der Waals surface area contributed by atoms with Crippen LogP contribution >= 0.6 is 24.2 Å². The van der Waals surface area contributed by atoms with Crippen molar-refractivity contribution in [2.45, 2.75) is 45.7 Å². The molecular weight excluding hydrogens is 322 g/mol. The van der Waals surface area contributed by atoms with Gasteiger partial charge in [-0.2, -0.15) is 0 Å². The van der Waals surface area contributed by atoms with Gasteiger partial charge in [0, 0.05) is 30.3 Å². The maximum atomic E-state index is 12.7. The van der Waals surface area contributed by atoms with Crippen LogP contribution in [0.15, 0.2) is 0 Å². The summed E-state index contributed by atoms with van der Waals surface area (Å²) in [5, 5.41) is 3.27. The van der Waals surface area contributed by atoms with E-state index in [1.807, 2.05) is 32.7 Å². The molecule has 2 heterocycles. The van der Waals surface area contributed by atoms with Gasteiger partial charge in [-0.1, -0.05) is 20.8 Å². The molecule has 128 valence electrons. The molecule has 0 saturated carbocycles. The summed E-state index contributed by atoms with van der Waals surface area (Å²) in [5.74, 6) is 1.58. The second-order valence-electron chi connectivity index (χ2n) is 6.93. The first-order chi connectivity index (χ1) is 9.84. The molecule has 2 aliphatic heterocycles. The molecule has 22 heavy (non-hydrogen) atoms. The fourth-order valence-electron chi connectivity index (χ4n) is 2.88. The number of hydrogen-bond acceptors (Lipinski definition) is 4. The minimum Gasteiger partial charge on any atom is -0.341 e. The predicted octanol–water partition coefficient (Wildman–Crippen LogP) is 1.57. The van der Waals surface area contributed by atoms with Gasteiger partial charge in [0.1, 0.15) is 6.04 Å². The van der Waals surface area contributed by atoms with Crippen LogP contribution in [-0.4, -0.2) is 65.5 Å². The first kappa shape index (κ1) is 19.6. The summed E-state index contributed by atoms with van der Waals surface area (Å²) in [4.78, 5) is 28.9. The number of halogens is 1. The molecule has 1 unspecified atom stereocenters. The van der Waals surface area contributed by atoms with Crippen LogP contribution in [0.1, 0.15) is 33.6 Å². The van der Waals surface area contributed by atoms with Crippen LogP contribution in [0.25, 0.3) is 0 Å². The van der Waals surface area contributed by atoms with Crippen LogP contribution < -0.4 is 5.32 Å². The largest absolute Gasteiger partial charge is 0.341 e. The molecule has 1 atom stereocenters. The van der Waals surface area contributed by atoms with Crippen molar-refractivity contribution in [1.82, 2.24) is 15.1 Å². The quantitative estimate of drug-likeness (QED) is 0.822. The zero-order valence-electron chi connectivity index (χ0n) is 13.9. The van der Waals surface area contributed by atoms with E-state index in [2.05, 4.69) is 5.32 Å². The Morgan fingerprint density at radius 3 is 2.27 bits per heavy atom. The molecule has 0 aromatic heterocycles. The summed E-state index contributed by atoms with van der Waals surface area (Å²) >= 11 is 1.68. The van der Waals surface area contributed by atoms with Gasteiger partial charge < -0.3 is 15.1 Å². The first-order valence-electron chi connectivity index (χ1n) is 7.69. The maximum absolute atomic E-state index is 12.7. The van der Waals surface area contributed by atoms with Crippen molar-refractivity contribution in [2.24, 2.45) is 5.41 Å². The summed E-state index contributed by atoms with van der Waals surface area (Å²) in [7, 11) is 1.97. The van der Waals surface area contributed by atoms with Crippen molar-refractivity contribution in [1.29, 1.82) is 0 Å².